The summed E-state index contributed by atoms with van der Waals surface area (Å²) in [5, 5.41) is 3.78. The van der Waals surface area contributed by atoms with Crippen LogP contribution < -0.4 is 5.32 Å². The standard InChI is InChI=1S/C10H19N.HI/c1-2-6-9(5-1)11-10-7-3-4-8-10;/h9-11H,1-8H2;1H. The lowest BCUT2D eigenvalue weighted by Crippen LogP contribution is -2.34. The van der Waals surface area contributed by atoms with E-state index >= 15 is 0 Å². The second kappa shape index (κ2) is 5.43. The topological polar surface area (TPSA) is 12.0 Å². The Morgan fingerprint density at radius 3 is 1.33 bits per heavy atom. The molecule has 2 heteroatoms. The average Bonchev–Trinajstić information content (AvgIpc) is 2.60. The Kier molecular flexibility index (Phi) is 4.87. The fraction of sp³-hybridized carbons (Fsp3) is 1.00. The normalized spacial score (nSPS) is 26.0. The van der Waals surface area contributed by atoms with E-state index in [1.165, 1.54) is 51.4 Å². The molecule has 2 rings (SSSR count). The van der Waals surface area contributed by atoms with Crippen LogP contribution in [0.2, 0.25) is 0 Å². The minimum absolute atomic E-state index is 0. The number of halogens is 1. The predicted molar refractivity (Wildman–Crippen MR) is 63.1 cm³/mol. The first-order valence-electron chi connectivity index (χ1n) is 5.21. The smallest absolute Gasteiger partial charge is 0.00696 e. The average molecular weight is 281 g/mol. The summed E-state index contributed by atoms with van der Waals surface area (Å²) in [6, 6.07) is 1.77. The molecule has 0 amide bonds. The van der Waals surface area contributed by atoms with Gasteiger partial charge in [0.15, 0.2) is 0 Å². The third-order valence-corrected chi connectivity index (χ3v) is 3.18. The summed E-state index contributed by atoms with van der Waals surface area (Å²) >= 11 is 0. The second-order valence-corrected chi connectivity index (χ2v) is 4.13. The third kappa shape index (κ3) is 2.87. The van der Waals surface area contributed by atoms with Crippen molar-refractivity contribution in [1.29, 1.82) is 0 Å². The van der Waals surface area contributed by atoms with E-state index in [4.69, 9.17) is 0 Å². The van der Waals surface area contributed by atoms with Crippen molar-refractivity contribution in [1.82, 2.24) is 5.32 Å². The Hall–Kier alpha value is 0.690. The van der Waals surface area contributed by atoms with Gasteiger partial charge in [0.1, 0.15) is 0 Å². The first kappa shape index (κ1) is 10.8. The Bertz CT molecular complexity index is 101. The van der Waals surface area contributed by atoms with Crippen molar-refractivity contribution < 1.29 is 0 Å². The summed E-state index contributed by atoms with van der Waals surface area (Å²) < 4.78 is 0. The molecular weight excluding hydrogens is 261 g/mol. The molecule has 1 nitrogen and oxygen atoms in total. The van der Waals surface area contributed by atoms with Crippen molar-refractivity contribution in [2.75, 3.05) is 0 Å². The van der Waals surface area contributed by atoms with E-state index in [2.05, 4.69) is 5.32 Å². The maximum absolute atomic E-state index is 3.78. The van der Waals surface area contributed by atoms with E-state index in [0.29, 0.717) is 0 Å². The molecule has 0 aromatic carbocycles. The molecule has 0 aromatic heterocycles. The van der Waals surface area contributed by atoms with Gasteiger partial charge in [-0.3, -0.25) is 0 Å². The molecule has 0 atom stereocenters. The number of hydrogen-bond acceptors (Lipinski definition) is 1. The molecule has 0 spiro atoms. The van der Waals surface area contributed by atoms with Crippen molar-refractivity contribution in [3.63, 3.8) is 0 Å². The van der Waals surface area contributed by atoms with Crippen LogP contribution in [0.15, 0.2) is 0 Å². The van der Waals surface area contributed by atoms with Crippen LogP contribution in [0.4, 0.5) is 0 Å². The van der Waals surface area contributed by atoms with Gasteiger partial charge >= 0.3 is 0 Å². The zero-order chi connectivity index (χ0) is 7.52. The van der Waals surface area contributed by atoms with Crippen LogP contribution >= 0.6 is 24.0 Å². The molecule has 0 radical (unpaired) electrons. The van der Waals surface area contributed by atoms with Crippen LogP contribution in [0, 0.1) is 0 Å². The van der Waals surface area contributed by atoms with Gasteiger partial charge in [0.25, 0.3) is 0 Å². The molecule has 0 bridgehead atoms. The van der Waals surface area contributed by atoms with Crippen molar-refractivity contribution >= 4 is 24.0 Å². The highest BCUT2D eigenvalue weighted by Gasteiger charge is 2.20. The molecule has 2 aliphatic rings. The van der Waals surface area contributed by atoms with Gasteiger partial charge in [0.05, 0.1) is 0 Å². The summed E-state index contributed by atoms with van der Waals surface area (Å²) in [7, 11) is 0. The van der Waals surface area contributed by atoms with Gasteiger partial charge in [0, 0.05) is 12.1 Å². The van der Waals surface area contributed by atoms with Crippen LogP contribution in [0.1, 0.15) is 51.4 Å². The van der Waals surface area contributed by atoms with Gasteiger partial charge in [-0.25, -0.2) is 0 Å². The molecular formula is C10H20IN. The Balaban J connectivity index is 0.000000720. The van der Waals surface area contributed by atoms with E-state index in [1.54, 1.807) is 0 Å². The predicted octanol–water partition coefficient (Wildman–Crippen LogP) is 3.08. The molecule has 0 unspecified atom stereocenters. The summed E-state index contributed by atoms with van der Waals surface area (Å²) in [5.74, 6) is 0. The SMILES string of the molecule is C1CCC(NC2CCCC2)C1.I. The van der Waals surface area contributed by atoms with Crippen LogP contribution in [0.3, 0.4) is 0 Å². The number of hydrogen-bond donors (Lipinski definition) is 1. The van der Waals surface area contributed by atoms with E-state index in [1.807, 2.05) is 0 Å². The van der Waals surface area contributed by atoms with Gasteiger partial charge in [-0.15, -0.1) is 24.0 Å². The largest absolute Gasteiger partial charge is 0.311 e. The summed E-state index contributed by atoms with van der Waals surface area (Å²) in [4.78, 5) is 0. The van der Waals surface area contributed by atoms with Crippen LogP contribution in [0.5, 0.6) is 0 Å². The monoisotopic (exact) mass is 281 g/mol. The highest BCUT2D eigenvalue weighted by atomic mass is 127. The maximum Gasteiger partial charge on any atom is 0.00696 e. The molecule has 72 valence electrons. The summed E-state index contributed by atoms with van der Waals surface area (Å²) in [6.07, 6.45) is 11.6. The van der Waals surface area contributed by atoms with Gasteiger partial charge in [0.2, 0.25) is 0 Å². The molecule has 2 fully saturated rings. The second-order valence-electron chi connectivity index (χ2n) is 4.13. The molecule has 1 N–H and O–H groups in total. The molecule has 0 heterocycles. The van der Waals surface area contributed by atoms with E-state index in [0.717, 1.165) is 12.1 Å². The Labute approximate surface area is 92.7 Å². The fourth-order valence-corrected chi connectivity index (χ4v) is 2.52. The van der Waals surface area contributed by atoms with Gasteiger partial charge < -0.3 is 5.32 Å². The lowest BCUT2D eigenvalue weighted by Gasteiger charge is -2.17. The summed E-state index contributed by atoms with van der Waals surface area (Å²) in [6.45, 7) is 0. The van der Waals surface area contributed by atoms with Crippen molar-refractivity contribution in [2.24, 2.45) is 0 Å². The zero-order valence-corrected chi connectivity index (χ0v) is 10.1. The maximum atomic E-state index is 3.78. The molecule has 0 aromatic rings. The lowest BCUT2D eigenvalue weighted by atomic mass is 10.2. The van der Waals surface area contributed by atoms with E-state index in [9.17, 15) is 0 Å². The fourth-order valence-electron chi connectivity index (χ4n) is 2.52. The van der Waals surface area contributed by atoms with Crippen LogP contribution in [0.25, 0.3) is 0 Å². The van der Waals surface area contributed by atoms with E-state index < -0.39 is 0 Å². The van der Waals surface area contributed by atoms with Crippen LogP contribution in [-0.4, -0.2) is 12.1 Å². The highest BCUT2D eigenvalue weighted by Crippen LogP contribution is 2.23. The third-order valence-electron chi connectivity index (χ3n) is 3.18. The van der Waals surface area contributed by atoms with Gasteiger partial charge in [-0.1, -0.05) is 25.7 Å². The van der Waals surface area contributed by atoms with Crippen molar-refractivity contribution in [3.8, 4) is 0 Å². The molecule has 2 saturated carbocycles. The van der Waals surface area contributed by atoms with Crippen molar-refractivity contribution in [3.05, 3.63) is 0 Å². The zero-order valence-electron chi connectivity index (χ0n) is 7.72. The lowest BCUT2D eigenvalue weighted by molar-refractivity contribution is 0.435. The minimum atomic E-state index is 0. The van der Waals surface area contributed by atoms with Crippen molar-refractivity contribution in [2.45, 2.75) is 63.5 Å². The molecule has 12 heavy (non-hydrogen) atoms. The van der Waals surface area contributed by atoms with E-state index in [-0.39, 0.29) is 24.0 Å². The Morgan fingerprint density at radius 1 is 0.667 bits per heavy atom. The number of nitrogens with one attached hydrogen (secondary N) is 1. The van der Waals surface area contributed by atoms with Gasteiger partial charge in [-0.2, -0.15) is 0 Å². The summed E-state index contributed by atoms with van der Waals surface area (Å²) in [5.41, 5.74) is 0. The highest BCUT2D eigenvalue weighted by molar-refractivity contribution is 14.0. The quantitative estimate of drug-likeness (QED) is 0.767. The molecule has 2 aliphatic carbocycles. The molecule has 0 aliphatic heterocycles. The molecule has 0 saturated heterocycles. The Morgan fingerprint density at radius 2 is 1.00 bits per heavy atom. The minimum Gasteiger partial charge on any atom is -0.311 e. The first-order chi connectivity index (χ1) is 5.45. The van der Waals surface area contributed by atoms with Gasteiger partial charge in [-0.05, 0) is 25.7 Å². The number of rotatable bonds is 2. The van der Waals surface area contributed by atoms with Crippen LogP contribution in [-0.2, 0) is 0 Å². The first-order valence-corrected chi connectivity index (χ1v) is 5.21.